The first-order chi connectivity index (χ1) is 25.9. The predicted molar refractivity (Wildman–Crippen MR) is 210 cm³/mol. The molecule has 0 bridgehead atoms. The number of carbonyl (C=O) groups excluding carboxylic acids is 1. The smallest absolute Gasteiger partial charge is 0.394 e. The largest absolute Gasteiger partial charge is 0.397 e. The van der Waals surface area contributed by atoms with Crippen molar-refractivity contribution in [2.75, 3.05) is 13.2 Å². The summed E-state index contributed by atoms with van der Waals surface area (Å²) < 4.78 is 47.3. The Morgan fingerprint density at radius 3 is 1.78 bits per heavy atom. The fourth-order valence-electron chi connectivity index (χ4n) is 6.47. The number of ether oxygens (including phenoxy) is 2. The Morgan fingerprint density at radius 2 is 1.24 bits per heavy atom. The van der Waals surface area contributed by atoms with Crippen molar-refractivity contribution in [2.24, 2.45) is 0 Å². The summed E-state index contributed by atoms with van der Waals surface area (Å²) in [5, 5.41) is 54.9. The Kier molecular flexibility index (Phi) is 29.6. The average molecular weight is 794 g/mol. The second-order valence-electron chi connectivity index (χ2n) is 14.7. The van der Waals surface area contributed by atoms with E-state index in [0.717, 1.165) is 38.5 Å². The average Bonchev–Trinajstić information content (AvgIpc) is 3.14. The van der Waals surface area contributed by atoms with Crippen LogP contribution in [0, 0.1) is 0 Å². The van der Waals surface area contributed by atoms with Gasteiger partial charge in [0.2, 0.25) is 5.91 Å². The fourth-order valence-corrected chi connectivity index (χ4v) is 6.98. The van der Waals surface area contributed by atoms with Crippen LogP contribution in [0.15, 0.2) is 24.3 Å². The van der Waals surface area contributed by atoms with Crippen molar-refractivity contribution in [3.8, 4) is 0 Å². The van der Waals surface area contributed by atoms with Crippen LogP contribution in [0.4, 0.5) is 0 Å². The molecule has 0 aromatic heterocycles. The third kappa shape index (κ3) is 24.2. The van der Waals surface area contributed by atoms with Crippen molar-refractivity contribution in [1.29, 1.82) is 0 Å². The summed E-state index contributed by atoms with van der Waals surface area (Å²) in [4.78, 5) is 13.0. The highest BCUT2D eigenvalue weighted by atomic mass is 32.3. The first-order valence-electron chi connectivity index (χ1n) is 20.8. The SMILES string of the molecule is CCCCCCC/C=C/CC/C=C/C(O)C(COC1OC(CO)C(O)C(OS(=O)(=O)O)C1O)NC(=O)C(O)CCCCCCCCCCCCCCCC. The van der Waals surface area contributed by atoms with Crippen LogP contribution in [-0.4, -0.2) is 107 Å². The quantitative estimate of drug-likeness (QED) is 0.0229. The number of aliphatic hydroxyl groups excluding tert-OH is 5. The molecule has 7 N–H and O–H groups in total. The molecule has 1 aliphatic heterocycles. The van der Waals surface area contributed by atoms with E-state index in [0.29, 0.717) is 12.8 Å². The maximum absolute atomic E-state index is 13.0. The molecule has 1 fully saturated rings. The van der Waals surface area contributed by atoms with Crippen LogP contribution in [0.1, 0.15) is 162 Å². The molecule has 8 atom stereocenters. The van der Waals surface area contributed by atoms with Gasteiger partial charge in [0.25, 0.3) is 0 Å². The Morgan fingerprint density at radius 1 is 0.741 bits per heavy atom. The summed E-state index contributed by atoms with van der Waals surface area (Å²) in [5.41, 5.74) is 0. The summed E-state index contributed by atoms with van der Waals surface area (Å²) in [6.07, 6.45) is 21.4. The van der Waals surface area contributed by atoms with Gasteiger partial charge in [0.05, 0.1) is 25.4 Å². The van der Waals surface area contributed by atoms with Gasteiger partial charge >= 0.3 is 10.4 Å². The molecule has 0 radical (unpaired) electrons. The zero-order chi connectivity index (χ0) is 40.0. The fraction of sp³-hybridized carbons (Fsp3) is 0.875. The highest BCUT2D eigenvalue weighted by Crippen LogP contribution is 2.26. The van der Waals surface area contributed by atoms with Gasteiger partial charge in [0, 0.05) is 0 Å². The zero-order valence-corrected chi connectivity index (χ0v) is 34.0. The Balaban J connectivity index is 2.67. The minimum absolute atomic E-state index is 0.240. The molecule has 0 saturated carbocycles. The van der Waals surface area contributed by atoms with E-state index >= 15 is 0 Å². The molecule has 1 aliphatic rings. The van der Waals surface area contributed by atoms with Crippen LogP contribution in [0.3, 0.4) is 0 Å². The van der Waals surface area contributed by atoms with Crippen molar-refractivity contribution in [1.82, 2.24) is 5.32 Å². The summed E-state index contributed by atoms with van der Waals surface area (Å²) in [6.45, 7) is 3.14. The lowest BCUT2D eigenvalue weighted by atomic mass is 9.99. The molecule has 54 heavy (non-hydrogen) atoms. The maximum Gasteiger partial charge on any atom is 0.397 e. The number of rotatable bonds is 34. The van der Waals surface area contributed by atoms with Gasteiger partial charge in [-0.3, -0.25) is 9.35 Å². The number of allylic oxidation sites excluding steroid dienone is 3. The van der Waals surface area contributed by atoms with E-state index in [1.807, 2.05) is 0 Å². The first kappa shape index (κ1) is 50.6. The monoisotopic (exact) mass is 794 g/mol. The third-order valence-electron chi connectivity index (χ3n) is 9.84. The predicted octanol–water partition coefficient (Wildman–Crippen LogP) is 5.96. The summed E-state index contributed by atoms with van der Waals surface area (Å²) in [7, 11) is -5.11. The van der Waals surface area contributed by atoms with Gasteiger partial charge in [-0.05, 0) is 32.1 Å². The number of hydrogen-bond donors (Lipinski definition) is 7. The van der Waals surface area contributed by atoms with Gasteiger partial charge in [-0.15, -0.1) is 0 Å². The van der Waals surface area contributed by atoms with Gasteiger partial charge in [0.1, 0.15) is 30.5 Å². The van der Waals surface area contributed by atoms with E-state index in [2.05, 4.69) is 35.5 Å². The van der Waals surface area contributed by atoms with Crippen molar-refractivity contribution >= 4 is 16.3 Å². The van der Waals surface area contributed by atoms with Crippen molar-refractivity contribution in [3.05, 3.63) is 24.3 Å². The van der Waals surface area contributed by atoms with E-state index in [4.69, 9.17) is 14.0 Å². The minimum atomic E-state index is -5.11. The Bertz CT molecular complexity index is 1090. The highest BCUT2D eigenvalue weighted by Gasteiger charge is 2.48. The van der Waals surface area contributed by atoms with Crippen LogP contribution >= 0.6 is 0 Å². The van der Waals surface area contributed by atoms with Crippen LogP contribution in [0.5, 0.6) is 0 Å². The minimum Gasteiger partial charge on any atom is -0.394 e. The van der Waals surface area contributed by atoms with E-state index < -0.39 is 78.5 Å². The van der Waals surface area contributed by atoms with E-state index in [1.165, 1.54) is 96.0 Å². The number of amides is 1. The molecule has 0 aromatic rings. The lowest BCUT2D eigenvalue weighted by molar-refractivity contribution is -0.298. The van der Waals surface area contributed by atoms with Gasteiger partial charge in [-0.25, -0.2) is 4.18 Å². The Labute approximate surface area is 325 Å². The molecular weight excluding hydrogens is 719 g/mol. The molecule has 318 valence electrons. The van der Waals surface area contributed by atoms with E-state index in [1.54, 1.807) is 6.08 Å². The second kappa shape index (κ2) is 31.6. The molecule has 0 aromatic carbocycles. The number of carbonyl (C=O) groups is 1. The van der Waals surface area contributed by atoms with Gasteiger partial charge in [0.15, 0.2) is 6.29 Å². The van der Waals surface area contributed by atoms with E-state index in [-0.39, 0.29) is 6.42 Å². The number of nitrogens with one attached hydrogen (secondary N) is 1. The van der Waals surface area contributed by atoms with Crippen LogP contribution < -0.4 is 5.32 Å². The molecule has 0 aliphatic carbocycles. The number of hydrogen-bond acceptors (Lipinski definition) is 11. The molecular formula is C40H75NO12S. The second-order valence-corrected chi connectivity index (χ2v) is 15.8. The Hall–Kier alpha value is -1.46. The van der Waals surface area contributed by atoms with Gasteiger partial charge < -0.3 is 40.3 Å². The topological polar surface area (TPSA) is 212 Å². The van der Waals surface area contributed by atoms with Crippen LogP contribution in [0.2, 0.25) is 0 Å². The number of aliphatic hydroxyl groups is 5. The van der Waals surface area contributed by atoms with Gasteiger partial charge in [-0.1, -0.05) is 154 Å². The molecule has 1 amide bonds. The molecule has 8 unspecified atom stereocenters. The molecule has 14 heteroatoms. The van der Waals surface area contributed by atoms with Crippen molar-refractivity contribution in [2.45, 2.75) is 210 Å². The molecule has 1 saturated heterocycles. The summed E-state index contributed by atoms with van der Waals surface area (Å²) in [5.74, 6) is -0.714. The van der Waals surface area contributed by atoms with Crippen molar-refractivity contribution < 1.29 is 57.0 Å². The zero-order valence-electron chi connectivity index (χ0n) is 33.1. The van der Waals surface area contributed by atoms with Crippen molar-refractivity contribution in [3.63, 3.8) is 0 Å². The summed E-state index contributed by atoms with van der Waals surface area (Å²) in [6, 6.07) is -1.13. The van der Waals surface area contributed by atoms with Gasteiger partial charge in [-0.2, -0.15) is 8.42 Å². The highest BCUT2D eigenvalue weighted by molar-refractivity contribution is 7.80. The number of unbranched alkanes of at least 4 members (excludes halogenated alkanes) is 19. The lowest BCUT2D eigenvalue weighted by Crippen LogP contribution is -2.61. The molecule has 1 rings (SSSR count). The lowest BCUT2D eigenvalue weighted by Gasteiger charge is -2.41. The summed E-state index contributed by atoms with van der Waals surface area (Å²) >= 11 is 0. The molecule has 13 nitrogen and oxygen atoms in total. The van der Waals surface area contributed by atoms with Crippen LogP contribution in [0.25, 0.3) is 0 Å². The maximum atomic E-state index is 13.0. The van der Waals surface area contributed by atoms with Crippen LogP contribution in [-0.2, 0) is 28.9 Å². The normalized spacial score (nSPS) is 22.6. The standard InChI is InChI=1S/C40H75NO12S/c1-3-5-7-9-11-13-15-16-17-19-21-23-25-27-29-34(44)39(47)41-32(33(43)28-26-24-22-20-18-14-12-10-8-6-4-2)31-51-40-37(46)38(53-54(48,49)50)36(45)35(30-42)52-40/h18,20,26,28,32-38,40,42-46H,3-17,19,21-25,27,29-31H2,1-2H3,(H,41,47)(H,48,49,50)/b20-18+,28-26+. The van der Waals surface area contributed by atoms with E-state index in [9.17, 15) is 38.7 Å². The first-order valence-corrected chi connectivity index (χ1v) is 22.2. The molecule has 0 spiro atoms. The molecule has 1 heterocycles. The third-order valence-corrected chi connectivity index (χ3v) is 10.3.